The van der Waals surface area contributed by atoms with E-state index in [1.807, 2.05) is 6.92 Å². The Morgan fingerprint density at radius 1 is 1.60 bits per heavy atom. The first-order valence-corrected chi connectivity index (χ1v) is 4.97. The summed E-state index contributed by atoms with van der Waals surface area (Å²) in [7, 11) is 0. The maximum atomic E-state index is 8.59. The number of ether oxygens (including phenoxy) is 1. The van der Waals surface area contributed by atoms with Crippen molar-refractivity contribution in [2.75, 3.05) is 6.61 Å². The molecule has 0 bridgehead atoms. The van der Waals surface area contributed by atoms with Gasteiger partial charge in [0.25, 0.3) is 0 Å². The van der Waals surface area contributed by atoms with Crippen molar-refractivity contribution in [1.29, 1.82) is 0 Å². The first-order chi connectivity index (χ1) is 7.19. The van der Waals surface area contributed by atoms with Gasteiger partial charge in [-0.3, -0.25) is 0 Å². The molecule has 0 spiro atoms. The molecular formula is C10H13ClN2O2. The van der Waals surface area contributed by atoms with E-state index < -0.39 is 0 Å². The zero-order valence-electron chi connectivity index (χ0n) is 8.40. The van der Waals surface area contributed by atoms with Crippen LogP contribution in [0.1, 0.15) is 18.9 Å². The number of rotatable bonds is 4. The van der Waals surface area contributed by atoms with E-state index in [-0.39, 0.29) is 5.84 Å². The maximum absolute atomic E-state index is 8.59. The summed E-state index contributed by atoms with van der Waals surface area (Å²) >= 11 is 5.80. The van der Waals surface area contributed by atoms with Gasteiger partial charge in [0, 0.05) is 5.02 Å². The van der Waals surface area contributed by atoms with Gasteiger partial charge >= 0.3 is 0 Å². The first-order valence-electron chi connectivity index (χ1n) is 4.59. The molecule has 82 valence electrons. The molecule has 0 atom stereocenters. The van der Waals surface area contributed by atoms with Gasteiger partial charge in [0.15, 0.2) is 5.84 Å². The molecule has 0 saturated carbocycles. The summed E-state index contributed by atoms with van der Waals surface area (Å²) in [5.41, 5.74) is 6.00. The van der Waals surface area contributed by atoms with Gasteiger partial charge in [-0.1, -0.05) is 23.7 Å². The minimum Gasteiger partial charge on any atom is -0.493 e. The van der Waals surface area contributed by atoms with Crippen molar-refractivity contribution in [2.24, 2.45) is 10.9 Å². The van der Waals surface area contributed by atoms with Crippen LogP contribution in [0.25, 0.3) is 0 Å². The lowest BCUT2D eigenvalue weighted by atomic mass is 10.2. The highest BCUT2D eigenvalue weighted by Gasteiger charge is 2.08. The number of halogens is 1. The second-order valence-electron chi connectivity index (χ2n) is 2.97. The van der Waals surface area contributed by atoms with Crippen LogP contribution in [0.2, 0.25) is 5.02 Å². The summed E-state index contributed by atoms with van der Waals surface area (Å²) in [5, 5.41) is 12.0. The second kappa shape index (κ2) is 5.46. The van der Waals surface area contributed by atoms with Crippen LogP contribution in [-0.4, -0.2) is 17.6 Å². The smallest absolute Gasteiger partial charge is 0.173 e. The van der Waals surface area contributed by atoms with Crippen LogP contribution in [0.15, 0.2) is 23.4 Å². The van der Waals surface area contributed by atoms with Crippen molar-refractivity contribution < 1.29 is 9.94 Å². The molecule has 4 nitrogen and oxygen atoms in total. The molecule has 0 unspecified atom stereocenters. The molecule has 0 aliphatic heterocycles. The lowest BCUT2D eigenvalue weighted by molar-refractivity contribution is 0.311. The monoisotopic (exact) mass is 228 g/mol. The number of benzene rings is 1. The molecule has 15 heavy (non-hydrogen) atoms. The number of amidine groups is 1. The molecular weight excluding hydrogens is 216 g/mol. The van der Waals surface area contributed by atoms with Crippen LogP contribution in [0.3, 0.4) is 0 Å². The van der Waals surface area contributed by atoms with Crippen LogP contribution < -0.4 is 10.5 Å². The fourth-order valence-electron chi connectivity index (χ4n) is 1.09. The Hall–Kier alpha value is -1.42. The molecule has 0 amide bonds. The first kappa shape index (κ1) is 11.7. The van der Waals surface area contributed by atoms with Gasteiger partial charge in [0.2, 0.25) is 0 Å². The third kappa shape index (κ3) is 3.02. The molecule has 1 rings (SSSR count). The average molecular weight is 229 g/mol. The zero-order valence-corrected chi connectivity index (χ0v) is 9.16. The molecule has 0 aliphatic carbocycles. The molecule has 5 heteroatoms. The van der Waals surface area contributed by atoms with Crippen LogP contribution in [0.4, 0.5) is 0 Å². The van der Waals surface area contributed by atoms with Crippen molar-refractivity contribution in [3.63, 3.8) is 0 Å². The topological polar surface area (TPSA) is 67.8 Å². The van der Waals surface area contributed by atoms with Crippen molar-refractivity contribution in [2.45, 2.75) is 13.3 Å². The van der Waals surface area contributed by atoms with Crippen molar-refractivity contribution in [3.8, 4) is 5.75 Å². The Morgan fingerprint density at radius 2 is 2.33 bits per heavy atom. The largest absolute Gasteiger partial charge is 0.493 e. The Bertz CT molecular complexity index is 366. The summed E-state index contributed by atoms with van der Waals surface area (Å²) in [6.07, 6.45) is 0.887. The normalized spacial score (nSPS) is 11.5. The van der Waals surface area contributed by atoms with Crippen molar-refractivity contribution in [3.05, 3.63) is 28.8 Å². The molecule has 0 radical (unpaired) electrons. The lowest BCUT2D eigenvalue weighted by Gasteiger charge is -2.09. The number of hydrogen-bond donors (Lipinski definition) is 2. The molecule has 0 saturated heterocycles. The lowest BCUT2D eigenvalue weighted by Crippen LogP contribution is -2.15. The molecule has 0 heterocycles. The quantitative estimate of drug-likeness (QED) is 0.359. The Morgan fingerprint density at radius 3 is 2.93 bits per heavy atom. The Labute approximate surface area is 93.3 Å². The van der Waals surface area contributed by atoms with Crippen LogP contribution in [0.5, 0.6) is 5.75 Å². The van der Waals surface area contributed by atoms with Gasteiger partial charge in [-0.2, -0.15) is 0 Å². The molecule has 1 aromatic carbocycles. The van der Waals surface area contributed by atoms with E-state index in [0.717, 1.165) is 6.42 Å². The van der Waals surface area contributed by atoms with Gasteiger partial charge in [-0.15, -0.1) is 0 Å². The molecule has 0 fully saturated rings. The van der Waals surface area contributed by atoms with E-state index in [9.17, 15) is 0 Å². The Balaban J connectivity index is 3.03. The van der Waals surface area contributed by atoms with Crippen molar-refractivity contribution >= 4 is 17.4 Å². The van der Waals surface area contributed by atoms with Crippen LogP contribution in [-0.2, 0) is 0 Å². The van der Waals surface area contributed by atoms with Crippen LogP contribution in [0, 0.1) is 0 Å². The third-order valence-corrected chi connectivity index (χ3v) is 2.02. The van der Waals surface area contributed by atoms with E-state index in [1.165, 1.54) is 0 Å². The highest BCUT2D eigenvalue weighted by molar-refractivity contribution is 6.31. The predicted octanol–water partition coefficient (Wildman–Crippen LogP) is 2.22. The van der Waals surface area contributed by atoms with Gasteiger partial charge in [0.1, 0.15) is 5.75 Å². The zero-order chi connectivity index (χ0) is 11.3. The minimum absolute atomic E-state index is 0.0106. The molecule has 0 aliphatic rings. The maximum Gasteiger partial charge on any atom is 0.173 e. The predicted molar refractivity (Wildman–Crippen MR) is 59.7 cm³/mol. The highest BCUT2D eigenvalue weighted by atomic mass is 35.5. The van der Waals surface area contributed by atoms with E-state index in [4.69, 9.17) is 27.3 Å². The average Bonchev–Trinajstić information content (AvgIpc) is 2.26. The molecule has 3 N–H and O–H groups in total. The second-order valence-corrected chi connectivity index (χ2v) is 3.41. The van der Waals surface area contributed by atoms with Gasteiger partial charge in [0.05, 0.1) is 12.2 Å². The highest BCUT2D eigenvalue weighted by Crippen LogP contribution is 2.22. The summed E-state index contributed by atoms with van der Waals surface area (Å²) in [5.74, 6) is 0.556. The van der Waals surface area contributed by atoms with E-state index in [0.29, 0.717) is 22.9 Å². The summed E-state index contributed by atoms with van der Waals surface area (Å²) in [6, 6.07) is 4.99. The van der Waals surface area contributed by atoms with E-state index >= 15 is 0 Å². The summed E-state index contributed by atoms with van der Waals surface area (Å²) in [6.45, 7) is 2.58. The number of oxime groups is 1. The molecule has 1 aromatic rings. The van der Waals surface area contributed by atoms with E-state index in [1.54, 1.807) is 18.2 Å². The third-order valence-electron chi connectivity index (χ3n) is 1.79. The van der Waals surface area contributed by atoms with E-state index in [2.05, 4.69) is 5.16 Å². The Kier molecular flexibility index (Phi) is 4.24. The van der Waals surface area contributed by atoms with Gasteiger partial charge in [-0.05, 0) is 24.6 Å². The fraction of sp³-hybridized carbons (Fsp3) is 0.300. The fourth-order valence-corrected chi connectivity index (χ4v) is 1.27. The van der Waals surface area contributed by atoms with Gasteiger partial charge < -0.3 is 15.7 Å². The SMILES string of the molecule is CCCOc1ccc(Cl)cc1C(N)=NO. The number of nitrogens with zero attached hydrogens (tertiary/aromatic N) is 1. The number of hydrogen-bond acceptors (Lipinski definition) is 3. The summed E-state index contributed by atoms with van der Waals surface area (Å²) < 4.78 is 5.43. The number of nitrogens with two attached hydrogens (primary N) is 1. The minimum atomic E-state index is -0.0106. The standard InChI is InChI=1S/C10H13ClN2O2/c1-2-5-15-9-4-3-7(11)6-8(9)10(12)13-14/h3-4,6,14H,2,5H2,1H3,(H2,12,13). The van der Waals surface area contributed by atoms with Gasteiger partial charge in [-0.25, -0.2) is 0 Å². The van der Waals surface area contributed by atoms with Crippen LogP contribution >= 0.6 is 11.6 Å². The summed E-state index contributed by atoms with van der Waals surface area (Å²) in [4.78, 5) is 0. The van der Waals surface area contributed by atoms with Crippen molar-refractivity contribution in [1.82, 2.24) is 0 Å². The molecule has 0 aromatic heterocycles.